The van der Waals surface area contributed by atoms with Crippen molar-refractivity contribution in [1.29, 1.82) is 0 Å². The van der Waals surface area contributed by atoms with Gasteiger partial charge in [-0.25, -0.2) is 0 Å². The van der Waals surface area contributed by atoms with Gasteiger partial charge in [-0.2, -0.15) is 0 Å². The van der Waals surface area contributed by atoms with Gasteiger partial charge in [-0.05, 0) is 42.2 Å². The molecule has 0 fully saturated rings. The van der Waals surface area contributed by atoms with Crippen LogP contribution in [0, 0.1) is 0 Å². The molecule has 2 aromatic carbocycles. The smallest absolute Gasteiger partial charge is 0.163 e. The quantitative estimate of drug-likeness (QED) is 0.665. The number of anilines is 2. The molecule has 0 saturated carbocycles. The molecule has 0 saturated heterocycles. The van der Waals surface area contributed by atoms with Crippen LogP contribution in [0.25, 0.3) is 0 Å². The number of nitrogens with one attached hydrogen (secondary N) is 2. The summed E-state index contributed by atoms with van der Waals surface area (Å²) in [7, 11) is 0. The normalized spacial score (nSPS) is 21.1. The van der Waals surface area contributed by atoms with Gasteiger partial charge in [-0.1, -0.05) is 48.5 Å². The number of aromatic nitrogens is 1. The molecule has 2 atom stereocenters. The second kappa shape index (κ2) is 6.97. The van der Waals surface area contributed by atoms with Gasteiger partial charge in [0.05, 0.1) is 23.1 Å². The number of ketones is 1. The molecule has 0 amide bonds. The number of pyridine rings is 1. The van der Waals surface area contributed by atoms with Crippen molar-refractivity contribution in [3.05, 3.63) is 102 Å². The Labute approximate surface area is 164 Å². The van der Waals surface area contributed by atoms with Gasteiger partial charge >= 0.3 is 0 Å². The SMILES string of the molecule is O=C1C[C@H](c2ccccc2)CC2=C1[C@H](c1ccccn1)Nc1ccccc1N2. The minimum Gasteiger partial charge on any atom is -0.371 e. The Morgan fingerprint density at radius 1 is 0.821 bits per heavy atom. The van der Waals surface area contributed by atoms with E-state index in [4.69, 9.17) is 0 Å². The lowest BCUT2D eigenvalue weighted by Crippen LogP contribution is -2.27. The lowest BCUT2D eigenvalue weighted by atomic mass is 9.79. The number of nitrogens with zero attached hydrogens (tertiary/aromatic N) is 1. The van der Waals surface area contributed by atoms with Crippen LogP contribution < -0.4 is 10.6 Å². The summed E-state index contributed by atoms with van der Waals surface area (Å²) in [6.07, 6.45) is 3.11. The fourth-order valence-corrected chi connectivity index (χ4v) is 4.22. The van der Waals surface area contributed by atoms with Gasteiger partial charge in [-0.15, -0.1) is 0 Å². The molecule has 3 aromatic rings. The van der Waals surface area contributed by atoms with Crippen LogP contribution >= 0.6 is 0 Å². The highest BCUT2D eigenvalue weighted by Crippen LogP contribution is 2.43. The number of fused-ring (bicyclic) bond motifs is 1. The topological polar surface area (TPSA) is 54.0 Å². The van der Waals surface area contributed by atoms with E-state index < -0.39 is 0 Å². The van der Waals surface area contributed by atoms with Crippen molar-refractivity contribution in [3.63, 3.8) is 0 Å². The Balaban J connectivity index is 1.62. The van der Waals surface area contributed by atoms with Crippen LogP contribution in [0.1, 0.15) is 36.1 Å². The number of allylic oxidation sites excluding steroid dienone is 1. The summed E-state index contributed by atoms with van der Waals surface area (Å²) in [6, 6.07) is 24.0. The second-order valence-corrected chi connectivity index (χ2v) is 7.33. The molecule has 1 aliphatic heterocycles. The second-order valence-electron chi connectivity index (χ2n) is 7.33. The van der Waals surface area contributed by atoms with Crippen molar-refractivity contribution >= 4 is 17.2 Å². The van der Waals surface area contributed by atoms with Crippen molar-refractivity contribution in [2.75, 3.05) is 10.6 Å². The molecule has 5 rings (SSSR count). The molecule has 4 nitrogen and oxygen atoms in total. The third-order valence-corrected chi connectivity index (χ3v) is 5.56. The molecule has 1 aliphatic carbocycles. The van der Waals surface area contributed by atoms with Crippen LogP contribution in [0.2, 0.25) is 0 Å². The molecule has 0 bridgehead atoms. The van der Waals surface area contributed by atoms with Gasteiger partial charge in [0.15, 0.2) is 5.78 Å². The van der Waals surface area contributed by atoms with E-state index in [0.717, 1.165) is 34.8 Å². The predicted octanol–water partition coefficient (Wildman–Crippen LogP) is 5.06. The highest BCUT2D eigenvalue weighted by molar-refractivity contribution is 6.01. The monoisotopic (exact) mass is 367 g/mol. The Kier molecular flexibility index (Phi) is 4.17. The summed E-state index contributed by atoms with van der Waals surface area (Å²) in [5.41, 5.74) is 5.86. The van der Waals surface area contributed by atoms with Gasteiger partial charge in [0.1, 0.15) is 0 Å². The average Bonchev–Trinajstić information content (AvgIpc) is 2.92. The lowest BCUT2D eigenvalue weighted by Gasteiger charge is -2.29. The maximum Gasteiger partial charge on any atom is 0.163 e. The third-order valence-electron chi connectivity index (χ3n) is 5.56. The number of rotatable bonds is 2. The minimum absolute atomic E-state index is 0.179. The highest BCUT2D eigenvalue weighted by Gasteiger charge is 2.36. The van der Waals surface area contributed by atoms with E-state index >= 15 is 0 Å². The fraction of sp³-hybridized carbons (Fsp3) is 0.167. The minimum atomic E-state index is -0.253. The summed E-state index contributed by atoms with van der Waals surface area (Å²) in [4.78, 5) is 17.9. The standard InChI is InChI=1S/C24H21N3O/c28-22-15-17(16-8-2-1-3-9-16)14-21-23(22)24(20-12-6-7-13-25-20)27-19-11-5-4-10-18(19)26-21/h1-13,17,24,26-27H,14-15H2/t17-,24+/m1/s1. The van der Waals surface area contributed by atoms with Crippen molar-refractivity contribution in [2.24, 2.45) is 0 Å². The van der Waals surface area contributed by atoms with Gasteiger partial charge in [0, 0.05) is 23.9 Å². The number of hydrogen-bond donors (Lipinski definition) is 2. The molecule has 4 heteroatoms. The van der Waals surface area contributed by atoms with Gasteiger partial charge in [0.25, 0.3) is 0 Å². The largest absolute Gasteiger partial charge is 0.371 e. The van der Waals surface area contributed by atoms with E-state index in [1.54, 1.807) is 6.20 Å². The molecule has 0 radical (unpaired) electrons. The van der Waals surface area contributed by atoms with E-state index in [2.05, 4.69) is 27.8 Å². The van der Waals surface area contributed by atoms with E-state index in [-0.39, 0.29) is 17.7 Å². The van der Waals surface area contributed by atoms with Crippen LogP contribution in [0.15, 0.2) is 90.3 Å². The van der Waals surface area contributed by atoms with Crippen molar-refractivity contribution < 1.29 is 4.79 Å². The van der Waals surface area contributed by atoms with Crippen LogP contribution in [0.4, 0.5) is 11.4 Å². The molecular weight excluding hydrogens is 346 g/mol. The number of benzene rings is 2. The first-order valence-electron chi connectivity index (χ1n) is 9.64. The number of carbonyl (C=O) groups excluding carboxylic acids is 1. The third kappa shape index (κ3) is 2.97. The van der Waals surface area contributed by atoms with Crippen LogP contribution in [0.3, 0.4) is 0 Å². The molecule has 1 aromatic heterocycles. The van der Waals surface area contributed by atoms with Crippen LogP contribution in [-0.2, 0) is 4.79 Å². The molecular formula is C24H21N3O. The molecule has 2 aliphatic rings. The lowest BCUT2D eigenvalue weighted by molar-refractivity contribution is -0.116. The summed E-state index contributed by atoms with van der Waals surface area (Å²) in [5.74, 6) is 0.369. The summed E-state index contributed by atoms with van der Waals surface area (Å²) >= 11 is 0. The molecule has 138 valence electrons. The van der Waals surface area contributed by atoms with Gasteiger partial charge < -0.3 is 10.6 Å². The van der Waals surface area contributed by atoms with Crippen molar-refractivity contribution in [1.82, 2.24) is 4.98 Å². The van der Waals surface area contributed by atoms with Crippen molar-refractivity contribution in [3.8, 4) is 0 Å². The molecule has 2 N–H and O–H groups in total. The maximum absolute atomic E-state index is 13.3. The number of Topliss-reactive ketones (excluding diaryl/α,β-unsaturated/α-hetero) is 1. The zero-order valence-corrected chi connectivity index (χ0v) is 15.4. The fourth-order valence-electron chi connectivity index (χ4n) is 4.22. The molecule has 2 heterocycles. The first-order chi connectivity index (χ1) is 13.8. The number of hydrogen-bond acceptors (Lipinski definition) is 4. The number of carbonyl (C=O) groups is 1. The van der Waals surface area contributed by atoms with Crippen LogP contribution in [0.5, 0.6) is 0 Å². The van der Waals surface area contributed by atoms with E-state index in [1.807, 2.05) is 60.7 Å². The molecule has 28 heavy (non-hydrogen) atoms. The maximum atomic E-state index is 13.3. The first kappa shape index (κ1) is 16.8. The molecule has 0 spiro atoms. The van der Waals surface area contributed by atoms with Crippen molar-refractivity contribution in [2.45, 2.75) is 24.8 Å². The zero-order chi connectivity index (χ0) is 18.9. The Morgan fingerprint density at radius 3 is 2.36 bits per heavy atom. The van der Waals surface area contributed by atoms with Crippen LogP contribution in [-0.4, -0.2) is 10.8 Å². The van der Waals surface area contributed by atoms with Gasteiger partial charge in [0.2, 0.25) is 0 Å². The Morgan fingerprint density at radius 2 is 1.57 bits per heavy atom. The number of para-hydroxylation sites is 2. The average molecular weight is 367 g/mol. The summed E-state index contributed by atoms with van der Waals surface area (Å²) < 4.78 is 0. The summed E-state index contributed by atoms with van der Waals surface area (Å²) in [5, 5.41) is 7.12. The highest BCUT2D eigenvalue weighted by atomic mass is 16.1. The van der Waals surface area contributed by atoms with E-state index in [1.165, 1.54) is 5.56 Å². The predicted molar refractivity (Wildman–Crippen MR) is 111 cm³/mol. The van der Waals surface area contributed by atoms with E-state index in [0.29, 0.717) is 6.42 Å². The Bertz CT molecular complexity index is 1040. The Hall–Kier alpha value is -3.40. The molecule has 0 unspecified atom stereocenters. The van der Waals surface area contributed by atoms with E-state index in [9.17, 15) is 4.79 Å². The first-order valence-corrected chi connectivity index (χ1v) is 9.64. The zero-order valence-electron chi connectivity index (χ0n) is 15.4. The summed E-state index contributed by atoms with van der Waals surface area (Å²) in [6.45, 7) is 0. The van der Waals surface area contributed by atoms with Gasteiger partial charge in [-0.3, -0.25) is 9.78 Å².